The summed E-state index contributed by atoms with van der Waals surface area (Å²) in [5, 5.41) is 27.8. The predicted molar refractivity (Wildman–Crippen MR) is 140 cm³/mol. The van der Waals surface area contributed by atoms with Crippen molar-refractivity contribution in [2.45, 2.75) is 58.2 Å². The molecule has 0 aromatic heterocycles. The lowest BCUT2D eigenvalue weighted by atomic mass is 9.92. The Balaban J connectivity index is 2.43. The molecule has 0 spiro atoms. The Morgan fingerprint density at radius 3 is 2.16 bits per heavy atom. The lowest BCUT2D eigenvalue weighted by Gasteiger charge is -2.28. The van der Waals surface area contributed by atoms with Crippen LogP contribution in [0.25, 0.3) is 6.08 Å². The highest BCUT2D eigenvalue weighted by atomic mass is 19.4. The first-order valence-electron chi connectivity index (χ1n) is 12.3. The maximum atomic E-state index is 14.0. The number of allylic oxidation sites excluding steroid dienone is 4. The number of anilines is 1. The molecule has 2 rings (SSSR count). The molecule has 9 heteroatoms. The monoisotopic (exact) mass is 524 g/mol. The fraction of sp³-hybridized carbons (Fsp3) is 0.414. The van der Waals surface area contributed by atoms with Crippen molar-refractivity contribution in [3.05, 3.63) is 64.5 Å². The highest BCUT2D eigenvalue weighted by Gasteiger charge is 2.60. The van der Waals surface area contributed by atoms with Crippen LogP contribution < -0.4 is 9.64 Å². The van der Waals surface area contributed by atoms with E-state index >= 15 is 0 Å². The van der Waals surface area contributed by atoms with Gasteiger partial charge in [-0.1, -0.05) is 51.0 Å². The number of methoxy groups -OCH3 is 1. The fourth-order valence-electron chi connectivity index (χ4n) is 3.95. The van der Waals surface area contributed by atoms with Gasteiger partial charge in [-0.15, -0.1) is 0 Å². The quantitative estimate of drug-likeness (QED) is 0.226. The first-order chi connectivity index (χ1) is 18.1. The topological polar surface area (TPSA) is 93.1 Å². The van der Waals surface area contributed by atoms with Crippen LogP contribution in [0.3, 0.4) is 0 Å². The smallest absolute Gasteiger partial charge is 0.432 e. The minimum Gasteiger partial charge on any atom is -0.496 e. The van der Waals surface area contributed by atoms with E-state index in [1.54, 1.807) is 19.3 Å². The van der Waals surface area contributed by atoms with Crippen LogP contribution in [-0.2, 0) is 4.74 Å². The Hall–Kier alpha value is -4.16. The van der Waals surface area contributed by atoms with Gasteiger partial charge in [0.25, 0.3) is 0 Å². The maximum Gasteiger partial charge on any atom is 0.432 e. The Morgan fingerprint density at radius 1 is 1.05 bits per heavy atom. The van der Waals surface area contributed by atoms with Crippen molar-refractivity contribution in [2.24, 2.45) is 0 Å². The normalized spacial score (nSPS) is 17.3. The van der Waals surface area contributed by atoms with Crippen molar-refractivity contribution < 1.29 is 22.6 Å². The van der Waals surface area contributed by atoms with Gasteiger partial charge < -0.3 is 14.4 Å². The zero-order valence-electron chi connectivity index (χ0n) is 22.0. The number of ether oxygens (including phenoxy) is 2. The summed E-state index contributed by atoms with van der Waals surface area (Å²) in [6.07, 6.45) is 5.07. The molecule has 0 fully saturated rings. The van der Waals surface area contributed by atoms with Crippen LogP contribution in [0.15, 0.2) is 58.9 Å². The average molecular weight is 525 g/mol. The lowest BCUT2D eigenvalue weighted by Crippen LogP contribution is -2.43. The van der Waals surface area contributed by atoms with Crippen LogP contribution >= 0.6 is 0 Å². The SMILES string of the molecule is CCCCN(CCCC)c1ccc(C=CC=CC2=C(C#N)C(=C(C#N)C#N)OC2(C)C(F)(F)F)c(OC)c1. The van der Waals surface area contributed by atoms with E-state index in [0.717, 1.165) is 63.0 Å². The van der Waals surface area contributed by atoms with Gasteiger partial charge in [0.05, 0.1) is 7.11 Å². The Morgan fingerprint density at radius 2 is 1.66 bits per heavy atom. The molecule has 0 N–H and O–H groups in total. The number of alkyl halides is 3. The molecule has 0 radical (unpaired) electrons. The van der Waals surface area contributed by atoms with Crippen molar-refractivity contribution in [3.8, 4) is 24.0 Å². The van der Waals surface area contributed by atoms with Crippen LogP contribution in [0.1, 0.15) is 52.0 Å². The lowest BCUT2D eigenvalue weighted by molar-refractivity contribution is -0.236. The minimum absolute atomic E-state index is 0.486. The zero-order valence-corrected chi connectivity index (χ0v) is 22.0. The molecule has 0 saturated heterocycles. The highest BCUT2D eigenvalue weighted by Crippen LogP contribution is 2.49. The third-order valence-corrected chi connectivity index (χ3v) is 6.22. The van der Waals surface area contributed by atoms with E-state index in [-0.39, 0.29) is 0 Å². The molecule has 1 aromatic rings. The second-order valence-corrected chi connectivity index (χ2v) is 8.80. The molecule has 0 saturated carbocycles. The van der Waals surface area contributed by atoms with Gasteiger partial charge in [0.2, 0.25) is 5.60 Å². The Kier molecular flexibility index (Phi) is 10.6. The molecule has 0 bridgehead atoms. The molecule has 1 unspecified atom stereocenters. The van der Waals surface area contributed by atoms with Gasteiger partial charge >= 0.3 is 6.18 Å². The van der Waals surface area contributed by atoms with E-state index in [2.05, 4.69) is 18.7 Å². The predicted octanol–water partition coefficient (Wildman–Crippen LogP) is 7.14. The molecule has 200 valence electrons. The maximum absolute atomic E-state index is 14.0. The molecule has 1 aromatic carbocycles. The number of nitriles is 3. The molecular formula is C29H31F3N4O2. The highest BCUT2D eigenvalue weighted by molar-refractivity contribution is 5.65. The van der Waals surface area contributed by atoms with Crippen molar-refractivity contribution in [2.75, 3.05) is 25.1 Å². The first-order valence-corrected chi connectivity index (χ1v) is 12.3. The van der Waals surface area contributed by atoms with E-state index in [1.165, 1.54) is 24.3 Å². The van der Waals surface area contributed by atoms with Gasteiger partial charge in [0.1, 0.15) is 29.5 Å². The number of nitrogens with zero attached hydrogens (tertiary/aromatic N) is 4. The summed E-state index contributed by atoms with van der Waals surface area (Å²) < 4.78 is 52.4. The summed E-state index contributed by atoms with van der Waals surface area (Å²) in [5.41, 5.74) is -2.83. The van der Waals surface area contributed by atoms with Crippen LogP contribution in [0, 0.1) is 34.0 Å². The van der Waals surface area contributed by atoms with Crippen LogP contribution in [0.2, 0.25) is 0 Å². The number of hydrogen-bond acceptors (Lipinski definition) is 6. The summed E-state index contributed by atoms with van der Waals surface area (Å²) in [6.45, 7) is 6.92. The molecule has 38 heavy (non-hydrogen) atoms. The van der Waals surface area contributed by atoms with E-state index in [1.807, 2.05) is 18.2 Å². The average Bonchev–Trinajstić information content (AvgIpc) is 3.19. The van der Waals surface area contributed by atoms with Gasteiger partial charge in [-0.3, -0.25) is 0 Å². The van der Waals surface area contributed by atoms with Gasteiger partial charge in [0.15, 0.2) is 11.3 Å². The Labute approximate surface area is 222 Å². The van der Waals surface area contributed by atoms with E-state index in [0.29, 0.717) is 5.75 Å². The fourth-order valence-corrected chi connectivity index (χ4v) is 3.95. The van der Waals surface area contributed by atoms with Crippen molar-refractivity contribution >= 4 is 11.8 Å². The number of unbranched alkanes of at least 4 members (excludes halogenated alkanes) is 2. The number of hydrogen-bond donors (Lipinski definition) is 0. The minimum atomic E-state index is -4.91. The summed E-state index contributed by atoms with van der Waals surface area (Å²) in [6, 6.07) is 10.5. The van der Waals surface area contributed by atoms with Gasteiger partial charge in [-0.05, 0) is 31.9 Å². The molecule has 1 atom stereocenters. The zero-order chi connectivity index (χ0) is 28.3. The summed E-state index contributed by atoms with van der Waals surface area (Å²) >= 11 is 0. The van der Waals surface area contributed by atoms with Gasteiger partial charge in [-0.25, -0.2) is 0 Å². The standard InChI is InChI=1S/C29H31F3N4O2/c1-5-7-15-36(16-8-6-2)23-14-13-21(26(17-23)37-4)11-9-10-12-25-24(20-35)27(22(18-33)19-34)38-28(25,3)29(30,31)32/h9-14,17H,5-8,15-16H2,1-4H3. The third-order valence-electron chi connectivity index (χ3n) is 6.22. The molecule has 6 nitrogen and oxygen atoms in total. The number of benzene rings is 1. The second kappa shape index (κ2) is 13.4. The van der Waals surface area contributed by atoms with Gasteiger partial charge in [-0.2, -0.15) is 29.0 Å². The number of rotatable bonds is 11. The third kappa shape index (κ3) is 6.58. The summed E-state index contributed by atoms with van der Waals surface area (Å²) in [5.74, 6) is -0.0572. The molecule has 0 aliphatic carbocycles. The van der Waals surface area contributed by atoms with Crippen LogP contribution in [0.5, 0.6) is 5.75 Å². The van der Waals surface area contributed by atoms with Crippen molar-refractivity contribution in [1.29, 1.82) is 15.8 Å². The second-order valence-electron chi connectivity index (χ2n) is 8.80. The van der Waals surface area contributed by atoms with Crippen molar-refractivity contribution in [3.63, 3.8) is 0 Å². The first kappa shape index (κ1) is 30.1. The van der Waals surface area contributed by atoms with E-state index in [9.17, 15) is 18.4 Å². The van der Waals surface area contributed by atoms with E-state index < -0.39 is 34.3 Å². The molecule has 1 aliphatic heterocycles. The molecule has 1 heterocycles. The Bertz CT molecular complexity index is 1230. The van der Waals surface area contributed by atoms with Gasteiger partial charge in [0, 0.05) is 36.0 Å². The largest absolute Gasteiger partial charge is 0.496 e. The molecular weight excluding hydrogens is 493 g/mol. The molecule has 1 aliphatic rings. The summed E-state index contributed by atoms with van der Waals surface area (Å²) in [4.78, 5) is 2.32. The number of halogens is 3. The van der Waals surface area contributed by atoms with Crippen molar-refractivity contribution in [1.82, 2.24) is 0 Å². The molecule has 0 amide bonds. The van der Waals surface area contributed by atoms with Crippen LogP contribution in [-0.4, -0.2) is 32.0 Å². The van der Waals surface area contributed by atoms with Crippen LogP contribution in [0.4, 0.5) is 18.9 Å². The van der Waals surface area contributed by atoms with E-state index in [4.69, 9.17) is 20.0 Å². The summed E-state index contributed by atoms with van der Waals surface area (Å²) in [7, 11) is 1.55.